The Morgan fingerprint density at radius 2 is 2.05 bits per heavy atom. The second-order valence-electron chi connectivity index (χ2n) is 5.10. The molecule has 0 bridgehead atoms. The van der Waals surface area contributed by atoms with Crippen LogP contribution in [0, 0.1) is 6.92 Å². The van der Waals surface area contributed by atoms with Gasteiger partial charge in [-0.05, 0) is 18.6 Å². The first-order valence-electron chi connectivity index (χ1n) is 6.84. The second-order valence-corrected chi connectivity index (χ2v) is 6.77. The van der Waals surface area contributed by atoms with E-state index in [1.165, 1.54) is 11.8 Å². The highest BCUT2D eigenvalue weighted by Gasteiger charge is 2.32. The van der Waals surface area contributed by atoms with Gasteiger partial charge in [-0.15, -0.1) is 0 Å². The summed E-state index contributed by atoms with van der Waals surface area (Å²) in [5, 5.41) is 4.29. The molecule has 1 aliphatic heterocycles. The van der Waals surface area contributed by atoms with Gasteiger partial charge >= 0.3 is 0 Å². The quantitative estimate of drug-likeness (QED) is 0.640. The van der Waals surface area contributed by atoms with Gasteiger partial charge in [-0.25, -0.2) is 0 Å². The second kappa shape index (κ2) is 6.06. The molecule has 1 amide bonds. The third-order valence-electron chi connectivity index (χ3n) is 3.40. The van der Waals surface area contributed by atoms with E-state index in [0.29, 0.717) is 15.8 Å². The Labute approximate surface area is 138 Å². The zero-order chi connectivity index (χ0) is 15.7. The maximum atomic E-state index is 12.6. The molecule has 6 heteroatoms. The number of hydrogen-bond donors (Lipinski definition) is 0. The van der Waals surface area contributed by atoms with E-state index in [0.717, 1.165) is 16.8 Å². The number of nitrogens with zero attached hydrogens (tertiary/aromatic N) is 3. The minimum Gasteiger partial charge on any atom is -0.288 e. The molecule has 0 spiro atoms. The number of amides is 1. The number of carbonyl (C=O) groups is 1. The number of aromatic nitrogens is 2. The first kappa shape index (κ1) is 15.0. The van der Waals surface area contributed by atoms with Crippen LogP contribution < -0.4 is 0 Å². The molecular weight excluding hydrogens is 314 g/mol. The van der Waals surface area contributed by atoms with E-state index in [2.05, 4.69) is 5.10 Å². The summed E-state index contributed by atoms with van der Waals surface area (Å²) in [4.78, 5) is 14.9. The predicted octanol–water partition coefficient (Wildman–Crippen LogP) is 3.13. The summed E-state index contributed by atoms with van der Waals surface area (Å²) in [6.07, 6.45) is 3.77. The number of thiocarbonyl (C=S) groups is 1. The lowest BCUT2D eigenvalue weighted by Gasteiger charge is -2.14. The Balaban J connectivity index is 1.84. The Hall–Kier alpha value is -1.92. The van der Waals surface area contributed by atoms with E-state index >= 15 is 0 Å². The molecule has 0 saturated carbocycles. The van der Waals surface area contributed by atoms with Gasteiger partial charge in [-0.3, -0.25) is 14.4 Å². The van der Waals surface area contributed by atoms with E-state index in [-0.39, 0.29) is 5.91 Å². The normalized spacial score (nSPS) is 16.8. The van der Waals surface area contributed by atoms with Crippen molar-refractivity contribution in [3.63, 3.8) is 0 Å². The Morgan fingerprint density at radius 3 is 2.68 bits per heavy atom. The van der Waals surface area contributed by atoms with Crippen molar-refractivity contribution in [1.29, 1.82) is 0 Å². The summed E-state index contributed by atoms with van der Waals surface area (Å²) < 4.78 is 2.34. The van der Waals surface area contributed by atoms with Crippen LogP contribution in [0.25, 0.3) is 6.08 Å². The van der Waals surface area contributed by atoms with Crippen molar-refractivity contribution in [2.24, 2.45) is 7.05 Å². The molecule has 1 aromatic heterocycles. The number of thioether (sulfide) groups is 1. The van der Waals surface area contributed by atoms with Crippen molar-refractivity contribution >= 4 is 40.3 Å². The molecule has 2 heterocycles. The minimum absolute atomic E-state index is 0.0397. The highest BCUT2D eigenvalue weighted by atomic mass is 32.2. The molecule has 1 saturated heterocycles. The lowest BCUT2D eigenvalue weighted by Crippen LogP contribution is -2.27. The molecule has 0 aliphatic carbocycles. The van der Waals surface area contributed by atoms with Crippen LogP contribution in [-0.2, 0) is 18.4 Å². The van der Waals surface area contributed by atoms with Crippen LogP contribution in [0.5, 0.6) is 0 Å². The summed E-state index contributed by atoms with van der Waals surface area (Å²) >= 11 is 6.70. The van der Waals surface area contributed by atoms with E-state index in [1.807, 2.05) is 56.6 Å². The summed E-state index contributed by atoms with van der Waals surface area (Å²) in [5.74, 6) is -0.0397. The molecule has 22 heavy (non-hydrogen) atoms. The zero-order valence-electron chi connectivity index (χ0n) is 12.3. The molecule has 1 aliphatic rings. The molecule has 112 valence electrons. The number of hydrogen-bond acceptors (Lipinski definition) is 4. The molecule has 3 rings (SSSR count). The molecule has 2 aromatic rings. The van der Waals surface area contributed by atoms with Gasteiger partial charge in [0.05, 0.1) is 17.1 Å². The molecular formula is C16H15N3OS2. The summed E-state index contributed by atoms with van der Waals surface area (Å²) in [7, 11) is 1.87. The third-order valence-corrected chi connectivity index (χ3v) is 4.77. The topological polar surface area (TPSA) is 38.1 Å². The monoisotopic (exact) mass is 329 g/mol. The van der Waals surface area contributed by atoms with Crippen LogP contribution in [0.3, 0.4) is 0 Å². The maximum absolute atomic E-state index is 12.6. The zero-order valence-corrected chi connectivity index (χ0v) is 13.9. The largest absolute Gasteiger partial charge is 0.288 e. The van der Waals surface area contributed by atoms with Gasteiger partial charge in [-0.2, -0.15) is 5.10 Å². The van der Waals surface area contributed by atoms with Crippen molar-refractivity contribution in [3.05, 3.63) is 58.3 Å². The van der Waals surface area contributed by atoms with Gasteiger partial charge in [0.1, 0.15) is 4.32 Å². The Bertz CT molecular complexity index is 765. The molecule has 0 unspecified atom stereocenters. The van der Waals surface area contributed by atoms with Crippen LogP contribution in [-0.4, -0.2) is 24.9 Å². The number of carbonyl (C=O) groups excluding carboxylic acids is 1. The number of aryl methyl sites for hydroxylation is 2. The van der Waals surface area contributed by atoms with Crippen LogP contribution in [0.4, 0.5) is 0 Å². The SMILES string of the molecule is Cc1nn(C)cc1/C=C1/SC(=S)N(Cc2ccccc2)C1=O. The van der Waals surface area contributed by atoms with Crippen molar-refractivity contribution in [3.8, 4) is 0 Å². The molecule has 1 fully saturated rings. The predicted molar refractivity (Wildman–Crippen MR) is 93.1 cm³/mol. The van der Waals surface area contributed by atoms with Crippen molar-refractivity contribution < 1.29 is 4.79 Å². The fourth-order valence-electron chi connectivity index (χ4n) is 2.30. The van der Waals surface area contributed by atoms with Crippen molar-refractivity contribution in [2.75, 3.05) is 0 Å². The average Bonchev–Trinajstić information content (AvgIpc) is 2.94. The summed E-state index contributed by atoms with van der Waals surface area (Å²) in [5.41, 5.74) is 2.91. The summed E-state index contributed by atoms with van der Waals surface area (Å²) in [6, 6.07) is 9.86. The van der Waals surface area contributed by atoms with E-state index in [1.54, 1.807) is 9.58 Å². The van der Waals surface area contributed by atoms with Crippen LogP contribution in [0.15, 0.2) is 41.4 Å². The van der Waals surface area contributed by atoms with Gasteiger partial charge in [0, 0.05) is 18.8 Å². The fraction of sp³-hybridized carbons (Fsp3) is 0.188. The minimum atomic E-state index is -0.0397. The van der Waals surface area contributed by atoms with Gasteiger partial charge in [0.25, 0.3) is 5.91 Å². The molecule has 4 nitrogen and oxygen atoms in total. The Kier molecular flexibility index (Phi) is 4.13. The van der Waals surface area contributed by atoms with Crippen LogP contribution in [0.2, 0.25) is 0 Å². The number of rotatable bonds is 3. The maximum Gasteiger partial charge on any atom is 0.266 e. The van der Waals surface area contributed by atoms with Gasteiger partial charge < -0.3 is 0 Å². The third kappa shape index (κ3) is 2.98. The van der Waals surface area contributed by atoms with Crippen molar-refractivity contribution in [1.82, 2.24) is 14.7 Å². The smallest absolute Gasteiger partial charge is 0.266 e. The summed E-state index contributed by atoms with van der Waals surface area (Å²) in [6.45, 7) is 2.44. The first-order chi connectivity index (χ1) is 10.5. The number of benzene rings is 1. The standard InChI is InChI=1S/C16H15N3OS2/c1-11-13(10-18(2)17-11)8-14-15(20)19(16(21)22-14)9-12-6-4-3-5-7-12/h3-8,10H,9H2,1-2H3/b14-8+. The van der Waals surface area contributed by atoms with Gasteiger partial charge in [0.15, 0.2) is 0 Å². The molecule has 1 aromatic carbocycles. The van der Waals surface area contributed by atoms with Crippen molar-refractivity contribution in [2.45, 2.75) is 13.5 Å². The van der Waals surface area contributed by atoms with E-state index < -0.39 is 0 Å². The highest BCUT2D eigenvalue weighted by molar-refractivity contribution is 8.26. The fourth-order valence-corrected chi connectivity index (χ4v) is 3.55. The molecule has 0 atom stereocenters. The van der Waals surface area contributed by atoms with Gasteiger partial charge in [0.2, 0.25) is 0 Å². The lowest BCUT2D eigenvalue weighted by atomic mass is 10.2. The molecule has 0 N–H and O–H groups in total. The first-order valence-corrected chi connectivity index (χ1v) is 8.06. The lowest BCUT2D eigenvalue weighted by molar-refractivity contribution is -0.122. The van der Waals surface area contributed by atoms with E-state index in [4.69, 9.17) is 12.2 Å². The van der Waals surface area contributed by atoms with Crippen LogP contribution >= 0.6 is 24.0 Å². The highest BCUT2D eigenvalue weighted by Crippen LogP contribution is 2.33. The average molecular weight is 329 g/mol. The molecule has 0 radical (unpaired) electrons. The van der Waals surface area contributed by atoms with Gasteiger partial charge in [-0.1, -0.05) is 54.3 Å². The van der Waals surface area contributed by atoms with E-state index in [9.17, 15) is 4.79 Å². The van der Waals surface area contributed by atoms with Crippen LogP contribution in [0.1, 0.15) is 16.8 Å². The Morgan fingerprint density at radius 1 is 1.32 bits per heavy atom.